The van der Waals surface area contributed by atoms with Crippen LogP contribution in [0.3, 0.4) is 0 Å². The van der Waals surface area contributed by atoms with Gasteiger partial charge >= 0.3 is 0 Å². The second-order valence-corrected chi connectivity index (χ2v) is 5.51. The predicted octanol–water partition coefficient (Wildman–Crippen LogP) is 3.02. The van der Waals surface area contributed by atoms with Crippen molar-refractivity contribution in [2.24, 2.45) is 5.92 Å². The molecule has 108 valence electrons. The van der Waals surface area contributed by atoms with Crippen LogP contribution in [0, 0.1) is 12.8 Å². The molecule has 4 nitrogen and oxygen atoms in total. The summed E-state index contributed by atoms with van der Waals surface area (Å²) in [4.78, 5) is 9.18. The number of hydrogen-bond donors (Lipinski definition) is 1. The zero-order valence-electron chi connectivity index (χ0n) is 13.0. The molecule has 0 saturated carbocycles. The number of rotatable bonds is 7. The van der Waals surface area contributed by atoms with Gasteiger partial charge in [0.2, 0.25) is 0 Å². The summed E-state index contributed by atoms with van der Waals surface area (Å²) in [6.45, 7) is 14.0. The Bertz CT molecular complexity index is 391. The minimum absolute atomic E-state index is 0.0253. The molecule has 1 heterocycles. The first-order valence-electron chi connectivity index (χ1n) is 7.13. The van der Waals surface area contributed by atoms with Crippen molar-refractivity contribution in [3.63, 3.8) is 0 Å². The van der Waals surface area contributed by atoms with Crippen LogP contribution in [0.15, 0.2) is 6.07 Å². The Morgan fingerprint density at radius 2 is 1.89 bits per heavy atom. The van der Waals surface area contributed by atoms with Gasteiger partial charge in [0, 0.05) is 24.9 Å². The van der Waals surface area contributed by atoms with Crippen molar-refractivity contribution >= 4 is 0 Å². The van der Waals surface area contributed by atoms with Gasteiger partial charge in [-0.2, -0.15) is 0 Å². The summed E-state index contributed by atoms with van der Waals surface area (Å²) in [6.07, 6.45) is -0.0253. The van der Waals surface area contributed by atoms with Gasteiger partial charge in [-0.05, 0) is 25.8 Å². The molecule has 0 aliphatic heterocycles. The second-order valence-electron chi connectivity index (χ2n) is 5.51. The lowest BCUT2D eigenvalue weighted by Crippen LogP contribution is -2.23. The molecule has 0 aliphatic carbocycles. The molecule has 1 atom stereocenters. The third kappa shape index (κ3) is 5.25. The number of aromatic nitrogens is 2. The first-order chi connectivity index (χ1) is 8.93. The molecular weight excluding hydrogens is 238 g/mol. The van der Waals surface area contributed by atoms with Crippen molar-refractivity contribution in [1.82, 2.24) is 15.3 Å². The Kier molecular flexibility index (Phi) is 6.38. The Hall–Kier alpha value is -1.00. The minimum Gasteiger partial charge on any atom is -0.370 e. The molecule has 1 aromatic heterocycles. The van der Waals surface area contributed by atoms with Crippen molar-refractivity contribution in [2.45, 2.75) is 60.2 Å². The molecule has 0 radical (unpaired) electrons. The Morgan fingerprint density at radius 1 is 1.21 bits per heavy atom. The largest absolute Gasteiger partial charge is 0.370 e. The molecule has 0 fully saturated rings. The van der Waals surface area contributed by atoms with Crippen molar-refractivity contribution in [2.75, 3.05) is 6.61 Å². The molecule has 1 rings (SSSR count). The molecule has 0 aliphatic rings. The maximum atomic E-state index is 5.78. The highest BCUT2D eigenvalue weighted by Crippen LogP contribution is 2.23. The van der Waals surface area contributed by atoms with E-state index in [9.17, 15) is 0 Å². The average Bonchev–Trinajstić information content (AvgIpc) is 2.32. The topological polar surface area (TPSA) is 47.0 Å². The quantitative estimate of drug-likeness (QED) is 0.823. The fraction of sp³-hybridized carbons (Fsp3) is 0.733. The van der Waals surface area contributed by atoms with Gasteiger partial charge in [-0.15, -0.1) is 0 Å². The van der Waals surface area contributed by atoms with Crippen molar-refractivity contribution in [1.29, 1.82) is 0 Å². The van der Waals surface area contributed by atoms with E-state index in [1.807, 2.05) is 19.9 Å². The van der Waals surface area contributed by atoms with Gasteiger partial charge in [0.1, 0.15) is 6.10 Å². The third-order valence-corrected chi connectivity index (χ3v) is 2.82. The van der Waals surface area contributed by atoms with Crippen LogP contribution in [0.2, 0.25) is 0 Å². The lowest BCUT2D eigenvalue weighted by Gasteiger charge is -2.20. The van der Waals surface area contributed by atoms with Crippen LogP contribution in [0.25, 0.3) is 0 Å². The highest BCUT2D eigenvalue weighted by atomic mass is 16.5. The first kappa shape index (κ1) is 16.1. The van der Waals surface area contributed by atoms with Crippen LogP contribution >= 0.6 is 0 Å². The maximum Gasteiger partial charge on any atom is 0.157 e. The van der Waals surface area contributed by atoms with E-state index in [1.54, 1.807) is 0 Å². The van der Waals surface area contributed by atoms with Crippen LogP contribution in [0.5, 0.6) is 0 Å². The van der Waals surface area contributed by atoms with E-state index in [0.717, 1.165) is 23.8 Å². The minimum atomic E-state index is -0.0253. The van der Waals surface area contributed by atoms with Gasteiger partial charge in [-0.25, -0.2) is 9.97 Å². The van der Waals surface area contributed by atoms with Gasteiger partial charge < -0.3 is 10.1 Å². The summed E-state index contributed by atoms with van der Waals surface area (Å²) in [5, 5.41) is 3.39. The number of nitrogens with zero attached hydrogens (tertiary/aromatic N) is 2. The standard InChI is InChI=1S/C15H27N3O/c1-7-19-14(10(2)3)15-17-12(6)8-13(18-15)9-16-11(4)5/h8,10-11,14,16H,7,9H2,1-6H3. The van der Waals surface area contributed by atoms with Gasteiger partial charge in [0.25, 0.3) is 0 Å². The van der Waals surface area contributed by atoms with Crippen LogP contribution in [-0.4, -0.2) is 22.6 Å². The number of hydrogen-bond acceptors (Lipinski definition) is 4. The highest BCUT2D eigenvalue weighted by Gasteiger charge is 2.19. The molecule has 1 N–H and O–H groups in total. The monoisotopic (exact) mass is 265 g/mol. The zero-order chi connectivity index (χ0) is 14.4. The smallest absolute Gasteiger partial charge is 0.157 e. The van der Waals surface area contributed by atoms with E-state index in [-0.39, 0.29) is 6.10 Å². The van der Waals surface area contributed by atoms with Crippen LogP contribution in [-0.2, 0) is 11.3 Å². The van der Waals surface area contributed by atoms with Crippen molar-refractivity contribution in [3.05, 3.63) is 23.3 Å². The molecule has 0 bridgehead atoms. The highest BCUT2D eigenvalue weighted by molar-refractivity contribution is 5.11. The maximum absolute atomic E-state index is 5.78. The molecule has 0 saturated heterocycles. The lowest BCUT2D eigenvalue weighted by molar-refractivity contribution is 0.0229. The number of ether oxygens (including phenoxy) is 1. The molecule has 0 aromatic carbocycles. The molecule has 4 heteroatoms. The molecule has 19 heavy (non-hydrogen) atoms. The van der Waals surface area contributed by atoms with Crippen LogP contribution in [0.4, 0.5) is 0 Å². The Labute approximate surface area is 117 Å². The van der Waals surface area contributed by atoms with Gasteiger partial charge in [0.15, 0.2) is 5.82 Å². The average molecular weight is 265 g/mol. The SMILES string of the molecule is CCOC(c1nc(C)cc(CNC(C)C)n1)C(C)C. The lowest BCUT2D eigenvalue weighted by atomic mass is 10.1. The van der Waals surface area contributed by atoms with E-state index in [2.05, 4.69) is 43.0 Å². The van der Waals surface area contributed by atoms with Crippen LogP contribution in [0.1, 0.15) is 57.9 Å². The summed E-state index contributed by atoms with van der Waals surface area (Å²) in [5.41, 5.74) is 2.03. The van der Waals surface area contributed by atoms with Gasteiger partial charge in [-0.3, -0.25) is 0 Å². The second kappa shape index (κ2) is 7.56. The summed E-state index contributed by atoms with van der Waals surface area (Å²) in [5.74, 6) is 1.17. The zero-order valence-corrected chi connectivity index (χ0v) is 13.0. The Morgan fingerprint density at radius 3 is 2.42 bits per heavy atom. The van der Waals surface area contributed by atoms with E-state index in [0.29, 0.717) is 18.6 Å². The Balaban J connectivity index is 2.93. The van der Waals surface area contributed by atoms with Crippen molar-refractivity contribution < 1.29 is 4.74 Å². The number of nitrogens with one attached hydrogen (secondary N) is 1. The summed E-state index contributed by atoms with van der Waals surface area (Å²) >= 11 is 0. The fourth-order valence-electron chi connectivity index (χ4n) is 1.93. The van der Waals surface area contributed by atoms with Crippen LogP contribution < -0.4 is 5.32 Å². The molecule has 0 spiro atoms. The van der Waals surface area contributed by atoms with E-state index < -0.39 is 0 Å². The predicted molar refractivity (Wildman–Crippen MR) is 77.9 cm³/mol. The van der Waals surface area contributed by atoms with E-state index in [4.69, 9.17) is 4.74 Å². The van der Waals surface area contributed by atoms with Crippen molar-refractivity contribution in [3.8, 4) is 0 Å². The summed E-state index contributed by atoms with van der Waals surface area (Å²) in [7, 11) is 0. The normalized spacial score (nSPS) is 13.3. The van der Waals surface area contributed by atoms with Gasteiger partial charge in [0.05, 0.1) is 5.69 Å². The van der Waals surface area contributed by atoms with Gasteiger partial charge in [-0.1, -0.05) is 27.7 Å². The molecular formula is C15H27N3O. The summed E-state index contributed by atoms with van der Waals surface area (Å²) < 4.78 is 5.78. The first-order valence-corrected chi connectivity index (χ1v) is 7.13. The molecule has 0 amide bonds. The third-order valence-electron chi connectivity index (χ3n) is 2.82. The fourth-order valence-corrected chi connectivity index (χ4v) is 1.93. The summed E-state index contributed by atoms with van der Waals surface area (Å²) in [6, 6.07) is 2.48. The molecule has 1 unspecified atom stereocenters. The molecule has 1 aromatic rings. The van der Waals surface area contributed by atoms with E-state index >= 15 is 0 Å². The number of aryl methyl sites for hydroxylation is 1. The van der Waals surface area contributed by atoms with E-state index in [1.165, 1.54) is 0 Å².